The van der Waals surface area contributed by atoms with Crippen LogP contribution in [0, 0.1) is 11.8 Å². The van der Waals surface area contributed by atoms with Crippen LogP contribution < -0.4 is 9.80 Å². The number of unbranched alkanes of at least 4 members (excludes halogenated alkanes) is 2. The molecule has 5 atom stereocenters. The predicted octanol–water partition coefficient (Wildman–Crippen LogP) is 5.19. The molecule has 3 saturated heterocycles. The Labute approximate surface area is 285 Å². The molecule has 2 bridgehead atoms. The van der Waals surface area contributed by atoms with Gasteiger partial charge in [-0.1, -0.05) is 42.5 Å². The summed E-state index contributed by atoms with van der Waals surface area (Å²) in [6.07, 6.45) is 6.45. The highest BCUT2D eigenvalue weighted by molar-refractivity contribution is 6.05. The van der Waals surface area contributed by atoms with Crippen LogP contribution in [0.4, 0.5) is 11.4 Å². The number of likely N-dealkylation sites (tertiary alicyclic amines) is 1. The van der Waals surface area contributed by atoms with E-state index in [4.69, 9.17) is 4.74 Å². The van der Waals surface area contributed by atoms with E-state index in [1.54, 1.807) is 26.9 Å². The summed E-state index contributed by atoms with van der Waals surface area (Å²) < 4.78 is 6.93. The van der Waals surface area contributed by atoms with Gasteiger partial charge in [0.1, 0.15) is 11.6 Å². The lowest BCUT2D eigenvalue weighted by Gasteiger charge is -2.37. The number of hydrogen-bond acceptors (Lipinski definition) is 6. The molecule has 3 aliphatic rings. The van der Waals surface area contributed by atoms with E-state index < -0.39 is 29.1 Å². The van der Waals surface area contributed by atoms with Crippen LogP contribution in [0.1, 0.15) is 58.4 Å². The maximum absolute atomic E-state index is 14.9. The molecule has 3 fully saturated rings. The molecule has 2 unspecified atom stereocenters. The van der Waals surface area contributed by atoms with Crippen LogP contribution in [0.3, 0.4) is 0 Å². The second-order valence-corrected chi connectivity index (χ2v) is 13.5. The molecule has 2 aromatic rings. The molecule has 0 saturated carbocycles. The second-order valence-electron chi connectivity index (χ2n) is 13.5. The van der Waals surface area contributed by atoms with Gasteiger partial charge in [-0.3, -0.25) is 14.4 Å². The standard InChI is InChI=1S/C39H52N4O5/c1-6-24-41(28-29-16-12-10-13-17-29)35(45)32-33-36(46)43(26-14-11-15-27-44)34(39(33)23-22-38(32,5)48-39)37(47)42(25-7-2)31-20-18-30(19-21-31)40(8-3)9-4/h6-7,10,12-13,16-21,32-34,44H,1-2,8-9,11,14-15,22-28H2,3-5H3/t32-,33-,34?,38+,39?/m0/s1. The van der Waals surface area contributed by atoms with Gasteiger partial charge in [0.25, 0.3) is 5.91 Å². The van der Waals surface area contributed by atoms with Crippen molar-refractivity contribution in [2.45, 2.75) is 76.7 Å². The first-order chi connectivity index (χ1) is 23.2. The summed E-state index contributed by atoms with van der Waals surface area (Å²) in [5, 5.41) is 9.41. The molecule has 3 aliphatic heterocycles. The van der Waals surface area contributed by atoms with Crippen molar-refractivity contribution in [1.82, 2.24) is 9.80 Å². The minimum absolute atomic E-state index is 0.0675. The number of rotatable bonds is 17. The summed E-state index contributed by atoms with van der Waals surface area (Å²) in [6.45, 7) is 17.1. The van der Waals surface area contributed by atoms with Crippen molar-refractivity contribution in [2.24, 2.45) is 11.8 Å². The number of aliphatic hydroxyl groups excluding tert-OH is 1. The summed E-state index contributed by atoms with van der Waals surface area (Å²) in [5.41, 5.74) is 0.758. The molecule has 48 heavy (non-hydrogen) atoms. The third-order valence-corrected chi connectivity index (χ3v) is 10.6. The number of ether oxygens (including phenoxy) is 1. The largest absolute Gasteiger partial charge is 0.396 e. The van der Waals surface area contributed by atoms with Crippen LogP contribution in [-0.4, -0.2) is 89.2 Å². The summed E-state index contributed by atoms with van der Waals surface area (Å²) in [4.78, 5) is 51.6. The number of anilines is 2. The Hall–Kier alpha value is -3.95. The van der Waals surface area contributed by atoms with Gasteiger partial charge in [-0.25, -0.2) is 0 Å². The zero-order valence-electron chi connectivity index (χ0n) is 28.9. The van der Waals surface area contributed by atoms with Crippen LogP contribution in [0.15, 0.2) is 79.9 Å². The zero-order chi connectivity index (χ0) is 34.5. The molecule has 0 radical (unpaired) electrons. The monoisotopic (exact) mass is 656 g/mol. The fraction of sp³-hybridized carbons (Fsp3) is 0.513. The van der Waals surface area contributed by atoms with Crippen molar-refractivity contribution in [2.75, 3.05) is 49.1 Å². The molecule has 5 rings (SSSR count). The van der Waals surface area contributed by atoms with Gasteiger partial charge in [-0.15, -0.1) is 13.2 Å². The van der Waals surface area contributed by atoms with Crippen LogP contribution in [-0.2, 0) is 25.7 Å². The first kappa shape index (κ1) is 35.4. The number of amides is 3. The van der Waals surface area contributed by atoms with Gasteiger partial charge >= 0.3 is 0 Å². The van der Waals surface area contributed by atoms with Gasteiger partial charge in [0.15, 0.2) is 0 Å². The van der Waals surface area contributed by atoms with Crippen molar-refractivity contribution in [3.63, 3.8) is 0 Å². The van der Waals surface area contributed by atoms with E-state index in [0.717, 1.165) is 30.0 Å². The molecule has 9 nitrogen and oxygen atoms in total. The maximum Gasteiger partial charge on any atom is 0.253 e. The van der Waals surface area contributed by atoms with Crippen molar-refractivity contribution in [1.29, 1.82) is 0 Å². The smallest absolute Gasteiger partial charge is 0.253 e. The molecular formula is C39H52N4O5. The lowest BCUT2D eigenvalue weighted by atomic mass is 9.66. The van der Waals surface area contributed by atoms with Gasteiger partial charge in [0, 0.05) is 57.3 Å². The lowest BCUT2D eigenvalue weighted by Crippen LogP contribution is -2.56. The highest BCUT2D eigenvalue weighted by Crippen LogP contribution is 2.63. The van der Waals surface area contributed by atoms with E-state index in [-0.39, 0.29) is 30.9 Å². The molecule has 0 aromatic heterocycles. The predicted molar refractivity (Wildman–Crippen MR) is 189 cm³/mol. The molecule has 9 heteroatoms. The molecule has 1 N–H and O–H groups in total. The molecule has 1 spiro atoms. The Kier molecular flexibility index (Phi) is 11.1. The van der Waals surface area contributed by atoms with E-state index in [9.17, 15) is 19.5 Å². The van der Waals surface area contributed by atoms with Crippen molar-refractivity contribution < 1.29 is 24.2 Å². The molecule has 2 aromatic carbocycles. The average molecular weight is 657 g/mol. The van der Waals surface area contributed by atoms with Crippen molar-refractivity contribution in [3.05, 3.63) is 85.5 Å². The van der Waals surface area contributed by atoms with E-state index in [1.807, 2.05) is 61.5 Å². The Balaban J connectivity index is 1.52. The third-order valence-electron chi connectivity index (χ3n) is 10.6. The SMILES string of the molecule is C=CCN(Cc1ccccc1)C(=O)[C@@H]1[C@H]2C(=O)N(CCCCCO)C(C(=O)N(CC=C)c3ccc(N(CC)CC)cc3)C23CC[C@@]1(C)O3. The molecule has 0 aliphatic carbocycles. The van der Waals surface area contributed by atoms with E-state index in [0.29, 0.717) is 51.7 Å². The maximum atomic E-state index is 14.9. The first-order valence-corrected chi connectivity index (χ1v) is 17.5. The van der Waals surface area contributed by atoms with E-state index in [1.165, 1.54) is 0 Å². The fourth-order valence-electron chi connectivity index (χ4n) is 8.31. The minimum Gasteiger partial charge on any atom is -0.396 e. The number of aliphatic hydroxyl groups is 1. The number of carbonyl (C=O) groups excluding carboxylic acids is 3. The van der Waals surface area contributed by atoms with Crippen LogP contribution >= 0.6 is 0 Å². The lowest BCUT2D eigenvalue weighted by molar-refractivity contribution is -0.150. The summed E-state index contributed by atoms with van der Waals surface area (Å²) >= 11 is 0. The van der Waals surface area contributed by atoms with Gasteiger partial charge in [0.2, 0.25) is 11.8 Å². The quantitative estimate of drug-likeness (QED) is 0.186. The Bertz CT molecular complexity index is 1460. The number of carbonyl (C=O) groups is 3. The Morgan fingerprint density at radius 1 is 0.938 bits per heavy atom. The van der Waals surface area contributed by atoms with Crippen molar-refractivity contribution in [3.8, 4) is 0 Å². The zero-order valence-corrected chi connectivity index (χ0v) is 28.9. The number of benzene rings is 2. The van der Waals surface area contributed by atoms with Crippen molar-refractivity contribution >= 4 is 29.1 Å². The summed E-state index contributed by atoms with van der Waals surface area (Å²) in [6, 6.07) is 16.8. The van der Waals surface area contributed by atoms with E-state index in [2.05, 4.69) is 31.9 Å². The molecule has 3 amide bonds. The Morgan fingerprint density at radius 3 is 2.23 bits per heavy atom. The summed E-state index contributed by atoms with van der Waals surface area (Å²) in [5.74, 6) is -2.10. The number of fused-ring (bicyclic) bond motifs is 1. The highest BCUT2D eigenvalue weighted by Gasteiger charge is 2.78. The minimum atomic E-state index is -1.13. The van der Waals surface area contributed by atoms with Gasteiger partial charge in [-0.2, -0.15) is 0 Å². The van der Waals surface area contributed by atoms with E-state index >= 15 is 0 Å². The van der Waals surface area contributed by atoms with Gasteiger partial charge in [0.05, 0.1) is 17.4 Å². The topological polar surface area (TPSA) is 93.6 Å². The fourth-order valence-corrected chi connectivity index (χ4v) is 8.31. The number of hydrogen-bond donors (Lipinski definition) is 1. The number of nitrogens with zero attached hydrogens (tertiary/aromatic N) is 4. The summed E-state index contributed by atoms with van der Waals surface area (Å²) in [7, 11) is 0. The normalized spacial score (nSPS) is 25.5. The van der Waals surface area contributed by atoms with Crippen LogP contribution in [0.2, 0.25) is 0 Å². The Morgan fingerprint density at radius 2 is 1.60 bits per heavy atom. The molecule has 258 valence electrons. The second kappa shape index (κ2) is 15.1. The third kappa shape index (κ3) is 6.42. The molecular weight excluding hydrogens is 604 g/mol. The first-order valence-electron chi connectivity index (χ1n) is 17.5. The highest BCUT2D eigenvalue weighted by atomic mass is 16.5. The molecule has 3 heterocycles. The van der Waals surface area contributed by atoms with Crippen LogP contribution in [0.5, 0.6) is 0 Å². The van der Waals surface area contributed by atoms with Crippen LogP contribution in [0.25, 0.3) is 0 Å². The van der Waals surface area contributed by atoms with Gasteiger partial charge in [-0.05, 0) is 82.7 Å². The average Bonchev–Trinajstić information content (AvgIpc) is 3.66. The van der Waals surface area contributed by atoms with Gasteiger partial charge < -0.3 is 29.4 Å².